The zero-order chi connectivity index (χ0) is 59.1. The topological polar surface area (TPSA) is 147 Å². The van der Waals surface area contributed by atoms with Crippen molar-refractivity contribution in [2.75, 3.05) is 51.8 Å². The maximum absolute atomic E-state index is 12.9. The summed E-state index contributed by atoms with van der Waals surface area (Å²) in [5.41, 5.74) is 13.4. The van der Waals surface area contributed by atoms with Crippen molar-refractivity contribution in [3.8, 4) is 0 Å². The molecule has 78 heavy (non-hydrogen) atoms. The predicted molar refractivity (Wildman–Crippen MR) is 329 cm³/mol. The van der Waals surface area contributed by atoms with Crippen molar-refractivity contribution in [1.29, 1.82) is 0 Å². The number of likely N-dealkylation sites (tertiary alicyclic amines) is 1. The van der Waals surface area contributed by atoms with Crippen molar-refractivity contribution in [2.24, 2.45) is 40.3 Å². The number of anilines is 1. The number of hydrogen-bond acceptors (Lipinski definition) is 9. The molecule has 3 aliphatic heterocycles. The van der Waals surface area contributed by atoms with Gasteiger partial charge in [-0.05, 0) is 170 Å². The van der Waals surface area contributed by atoms with Crippen LogP contribution in [0.15, 0.2) is 112 Å². The van der Waals surface area contributed by atoms with Crippen molar-refractivity contribution in [3.63, 3.8) is 0 Å². The number of carbonyl (C=O) groups is 4. The number of piperidine rings is 1. The third-order valence-corrected chi connectivity index (χ3v) is 14.1. The number of allylic oxidation sites excluding steroid dienone is 4. The lowest BCUT2D eigenvalue weighted by Crippen LogP contribution is -2.42. The molecule has 2 saturated heterocycles. The highest BCUT2D eigenvalue weighted by atomic mass is 16.6. The molecule has 3 amide bonds. The van der Waals surface area contributed by atoms with E-state index in [0.717, 1.165) is 113 Å². The van der Waals surface area contributed by atoms with Crippen molar-refractivity contribution >= 4 is 36.6 Å². The fourth-order valence-electron chi connectivity index (χ4n) is 9.88. The monoisotopic (exact) mass is 1080 g/mol. The Kier molecular flexibility index (Phi) is 33.5. The Hall–Kier alpha value is -5.75. The Morgan fingerprint density at radius 1 is 0.962 bits per heavy atom. The number of carbonyl (C=O) groups excluding carboxylic acids is 4. The molecule has 3 aliphatic rings. The van der Waals surface area contributed by atoms with Gasteiger partial charge in [0.15, 0.2) is 0 Å². The van der Waals surface area contributed by atoms with Crippen LogP contribution < -0.4 is 16.0 Å². The first kappa shape index (κ1) is 70.3. The molecule has 4 unspecified atom stereocenters. The summed E-state index contributed by atoms with van der Waals surface area (Å²) >= 11 is 0. The molecule has 2 aromatic carbocycles. The van der Waals surface area contributed by atoms with E-state index in [-0.39, 0.29) is 23.8 Å². The largest absolute Gasteiger partial charge is 0.494 e. The Bertz CT molecular complexity index is 2270. The second-order valence-corrected chi connectivity index (χ2v) is 22.6. The average Bonchev–Trinajstić information content (AvgIpc) is 3.74. The van der Waals surface area contributed by atoms with Gasteiger partial charge >= 0.3 is 6.09 Å². The van der Waals surface area contributed by atoms with Gasteiger partial charge in [-0.1, -0.05) is 129 Å². The van der Waals surface area contributed by atoms with Gasteiger partial charge in [0.2, 0.25) is 11.8 Å². The van der Waals surface area contributed by atoms with Crippen LogP contribution in [-0.2, 0) is 30.3 Å². The molecular formula is C66H106N6O6. The van der Waals surface area contributed by atoms with Crippen molar-refractivity contribution in [1.82, 2.24) is 15.1 Å². The van der Waals surface area contributed by atoms with E-state index in [1.165, 1.54) is 38.3 Å². The van der Waals surface area contributed by atoms with Gasteiger partial charge in [-0.25, -0.2) is 4.79 Å². The van der Waals surface area contributed by atoms with Crippen LogP contribution >= 0.6 is 0 Å². The summed E-state index contributed by atoms with van der Waals surface area (Å²) < 4.78 is 11.5. The van der Waals surface area contributed by atoms with E-state index in [1.807, 2.05) is 83.7 Å². The van der Waals surface area contributed by atoms with Crippen LogP contribution in [0.25, 0.3) is 0 Å². The van der Waals surface area contributed by atoms with Gasteiger partial charge in [0, 0.05) is 56.6 Å². The number of nitrogens with zero attached hydrogens (tertiary/aromatic N) is 4. The second-order valence-electron chi connectivity index (χ2n) is 22.6. The van der Waals surface area contributed by atoms with Gasteiger partial charge in [-0.2, -0.15) is 0 Å². The van der Waals surface area contributed by atoms with Crippen molar-refractivity contribution in [3.05, 3.63) is 124 Å². The normalized spacial score (nSPS) is 18.1. The molecule has 3 N–H and O–H groups in total. The Morgan fingerprint density at radius 2 is 1.60 bits per heavy atom. The van der Waals surface area contributed by atoms with Gasteiger partial charge in [-0.15, -0.1) is 0 Å². The fourth-order valence-corrected chi connectivity index (χ4v) is 9.88. The third kappa shape index (κ3) is 24.1. The maximum atomic E-state index is 12.9. The summed E-state index contributed by atoms with van der Waals surface area (Å²) in [6, 6.07) is 16.4. The number of aliphatic imine (C=N–C) groups is 1. The lowest BCUT2D eigenvalue weighted by molar-refractivity contribution is -0.122. The Labute approximate surface area is 474 Å². The number of hydrogen-bond donors (Lipinski definition) is 2. The molecule has 0 aliphatic carbocycles. The van der Waals surface area contributed by atoms with Gasteiger partial charge < -0.3 is 35.1 Å². The zero-order valence-electron chi connectivity index (χ0n) is 51.7. The summed E-state index contributed by atoms with van der Waals surface area (Å²) in [5, 5.41) is 2.63. The quantitative estimate of drug-likeness (QED) is 0.0803. The number of nitrogens with one attached hydrogen (secondary N) is 1. The molecule has 3 heterocycles. The summed E-state index contributed by atoms with van der Waals surface area (Å²) in [7, 11) is 3.12. The Morgan fingerprint density at radius 3 is 2.09 bits per heavy atom. The fraction of sp³-hybridized carbons (Fsp3) is 0.591. The van der Waals surface area contributed by atoms with Gasteiger partial charge in [0.1, 0.15) is 24.3 Å². The Balaban J connectivity index is 0.000000557. The van der Waals surface area contributed by atoms with Crippen LogP contribution in [0.2, 0.25) is 0 Å². The van der Waals surface area contributed by atoms with Crippen LogP contribution in [0.5, 0.6) is 0 Å². The number of nitrogens with two attached hydrogens (primary N) is 1. The van der Waals surface area contributed by atoms with Crippen LogP contribution in [0, 0.1) is 36.5 Å². The lowest BCUT2D eigenvalue weighted by Gasteiger charge is -2.37. The van der Waals surface area contributed by atoms with Crippen LogP contribution in [0.3, 0.4) is 0 Å². The molecule has 0 spiro atoms. The minimum Gasteiger partial charge on any atom is -0.494 e. The molecule has 0 aromatic heterocycles. The number of aryl methyl sites for hydroxylation is 2. The second kappa shape index (κ2) is 37.2. The van der Waals surface area contributed by atoms with E-state index in [9.17, 15) is 19.2 Å². The summed E-state index contributed by atoms with van der Waals surface area (Å²) in [5.74, 6) is 4.05. The minimum atomic E-state index is -0.565. The van der Waals surface area contributed by atoms with Crippen LogP contribution in [0.4, 0.5) is 10.5 Å². The molecule has 0 radical (unpaired) electrons. The first-order valence-electron chi connectivity index (χ1n) is 29.0. The van der Waals surface area contributed by atoms with E-state index >= 15 is 0 Å². The minimum absolute atomic E-state index is 0.0364. The van der Waals surface area contributed by atoms with E-state index in [0.29, 0.717) is 44.4 Å². The average molecular weight is 1080 g/mol. The number of ether oxygens (including phenoxy) is 2. The highest BCUT2D eigenvalue weighted by Crippen LogP contribution is 2.36. The van der Waals surface area contributed by atoms with Crippen molar-refractivity contribution in [2.45, 2.75) is 180 Å². The summed E-state index contributed by atoms with van der Waals surface area (Å²) in [6.07, 6.45) is 16.5. The van der Waals surface area contributed by atoms with E-state index in [2.05, 4.69) is 120 Å². The van der Waals surface area contributed by atoms with Gasteiger partial charge in [-0.3, -0.25) is 19.5 Å². The first-order chi connectivity index (χ1) is 37.0. The maximum Gasteiger partial charge on any atom is 0.415 e. The lowest BCUT2D eigenvalue weighted by atomic mass is 9.87. The first-order valence-corrected chi connectivity index (χ1v) is 29.0. The number of aldehydes is 1. The molecule has 0 saturated carbocycles. The molecule has 0 bridgehead atoms. The van der Waals surface area contributed by atoms with E-state index < -0.39 is 5.60 Å². The van der Waals surface area contributed by atoms with Crippen LogP contribution in [-0.4, -0.2) is 93.2 Å². The molecule has 436 valence electrons. The van der Waals surface area contributed by atoms with Crippen LogP contribution in [0.1, 0.15) is 177 Å². The number of rotatable bonds is 19. The zero-order valence-corrected chi connectivity index (χ0v) is 51.7. The number of benzene rings is 2. The standard InChI is InChI=1S/C24H35N3O3.C20H31NO.C13H17NO2.C8H18.CH5N/c1-9-10-21(26-12-11-20(15-25-8)17(2)16-26)18(3)22-19(4)29-14-13-27(22)23(28)30-24(5,6)7;1-5-7-16-9-12-18(13-10-16)21-14-17(11-8-15(3)4)19(6-2)20(21)22;1-10-5-7-11(8-6-10)12(4-3-9-15)13(16)14-2;1-5-8(4)6-7(2)3;1-2/h9-10,15H,2,8,11-14,16H2,1,3-7H3;9-10,12-13,15,17,19H,5-8,11,14H2,1-4H3;5-9,12H,3-4H2,1-2H3,(H,14,16);7-8H,5-6H2,1-4H3;2H2,1H3/b10-9-,20-15-,21-18+;;;;. The van der Waals surface area contributed by atoms with Gasteiger partial charge in [0.25, 0.3) is 0 Å². The highest BCUT2D eigenvalue weighted by molar-refractivity contribution is 5.97. The van der Waals surface area contributed by atoms with E-state index in [1.54, 1.807) is 18.1 Å². The summed E-state index contributed by atoms with van der Waals surface area (Å²) in [6.45, 7) is 42.6. The molecule has 12 nitrogen and oxygen atoms in total. The van der Waals surface area contributed by atoms with Gasteiger partial charge in [0.05, 0.1) is 18.2 Å². The van der Waals surface area contributed by atoms with E-state index in [4.69, 9.17) is 9.47 Å². The number of amides is 3. The molecule has 4 atom stereocenters. The number of likely N-dealkylation sites (N-methyl/N-ethyl adjacent to an activating group) is 1. The third-order valence-electron chi connectivity index (χ3n) is 14.1. The molecule has 12 heteroatoms. The smallest absolute Gasteiger partial charge is 0.415 e. The SMILES string of the molecule is C=N/C=C1/CCN(C(/C=C\C)=C(\C)C2=C(C)OCCN2C(=O)OC(C)(C)C)CC1=C.CCC(C)CC(C)C.CCCc1ccc(N2CC(CCC(C)C)C(CC)C2=O)cc1.CN.CNC(=O)C(CCC=O)c1ccc(C)cc1. The predicted octanol–water partition coefficient (Wildman–Crippen LogP) is 14.7. The van der Waals surface area contributed by atoms with Crippen molar-refractivity contribution < 1.29 is 28.7 Å². The summed E-state index contributed by atoms with van der Waals surface area (Å²) in [4.78, 5) is 57.6. The molecule has 2 fully saturated rings. The molecule has 5 rings (SSSR count). The molecular weight excluding hydrogens is 973 g/mol. The molecule has 2 aromatic rings. The highest BCUT2D eigenvalue weighted by Gasteiger charge is 2.39.